The van der Waals surface area contributed by atoms with Crippen LogP contribution in [-0.2, 0) is 19.2 Å². The molecule has 128 valence electrons. The van der Waals surface area contributed by atoms with Gasteiger partial charge in [-0.25, -0.2) is 0 Å². The number of aliphatic carboxylic acids is 4. The van der Waals surface area contributed by atoms with Crippen LogP contribution in [0.25, 0.3) is 0 Å². The Labute approximate surface area is 127 Å². The number of rotatable bonds is 10. The second-order valence-electron chi connectivity index (χ2n) is 4.22. The average molecular weight is 322 g/mol. The number of hydrogen-bond donors (Lipinski definition) is 6. The van der Waals surface area contributed by atoms with Crippen molar-refractivity contribution in [3.05, 3.63) is 0 Å². The van der Waals surface area contributed by atoms with Crippen molar-refractivity contribution >= 4 is 23.9 Å². The smallest absolute Gasteiger partial charge is 0.320 e. The molecule has 22 heavy (non-hydrogen) atoms. The van der Waals surface area contributed by atoms with Crippen molar-refractivity contribution in [2.24, 2.45) is 0 Å². The quantitative estimate of drug-likeness (QED) is 0.294. The van der Waals surface area contributed by atoms with E-state index in [-0.39, 0.29) is 25.7 Å². The van der Waals surface area contributed by atoms with Crippen LogP contribution >= 0.6 is 0 Å². The van der Waals surface area contributed by atoms with Crippen LogP contribution in [0, 0.1) is 0 Å². The molecule has 10 heteroatoms. The van der Waals surface area contributed by atoms with Gasteiger partial charge in [-0.05, 0) is 26.9 Å². The van der Waals surface area contributed by atoms with Crippen LogP contribution in [0.15, 0.2) is 0 Å². The van der Waals surface area contributed by atoms with Crippen molar-refractivity contribution < 1.29 is 39.6 Å². The lowest BCUT2D eigenvalue weighted by Crippen LogP contribution is -2.34. The van der Waals surface area contributed by atoms with Gasteiger partial charge in [0, 0.05) is 12.8 Å². The molecule has 0 spiro atoms. The summed E-state index contributed by atoms with van der Waals surface area (Å²) in [6, 6.07) is -1.52. The number of carboxylic acids is 4. The SMILES string of the molecule is CN[C@@H](CCC(=O)O)C(=O)O.CN[C@@H](CCC(=O)O)C(=O)O. The van der Waals surface area contributed by atoms with E-state index in [2.05, 4.69) is 10.6 Å². The monoisotopic (exact) mass is 322 g/mol. The molecule has 0 saturated carbocycles. The number of hydrogen-bond acceptors (Lipinski definition) is 6. The van der Waals surface area contributed by atoms with Crippen LogP contribution < -0.4 is 10.6 Å². The molecule has 0 unspecified atom stereocenters. The van der Waals surface area contributed by atoms with Crippen molar-refractivity contribution in [3.63, 3.8) is 0 Å². The third-order valence-corrected chi connectivity index (χ3v) is 2.59. The van der Waals surface area contributed by atoms with Gasteiger partial charge in [0.05, 0.1) is 0 Å². The van der Waals surface area contributed by atoms with Crippen molar-refractivity contribution in [2.75, 3.05) is 14.1 Å². The van der Waals surface area contributed by atoms with Gasteiger partial charge in [0.25, 0.3) is 0 Å². The van der Waals surface area contributed by atoms with E-state index in [1.54, 1.807) is 0 Å². The molecule has 0 fully saturated rings. The molecule has 0 aliphatic carbocycles. The Hall–Kier alpha value is -2.20. The summed E-state index contributed by atoms with van der Waals surface area (Å²) in [6.45, 7) is 0. The van der Waals surface area contributed by atoms with E-state index in [9.17, 15) is 19.2 Å². The summed E-state index contributed by atoms with van der Waals surface area (Å²) in [4.78, 5) is 40.6. The third kappa shape index (κ3) is 12.8. The number of carboxylic acid groups (broad SMARTS) is 4. The minimum absolute atomic E-state index is 0.112. The summed E-state index contributed by atoms with van der Waals surface area (Å²) in [6.07, 6.45) is -0.0298. The minimum Gasteiger partial charge on any atom is -0.481 e. The molecule has 6 N–H and O–H groups in total. The Morgan fingerprint density at radius 2 is 1.00 bits per heavy atom. The first-order chi connectivity index (χ1) is 10.1. The van der Waals surface area contributed by atoms with Crippen LogP contribution in [0.5, 0.6) is 0 Å². The number of carbonyl (C=O) groups is 4. The fourth-order valence-electron chi connectivity index (χ4n) is 1.32. The molecule has 0 aliphatic rings. The highest BCUT2D eigenvalue weighted by Gasteiger charge is 2.16. The molecule has 0 bridgehead atoms. The first-order valence-corrected chi connectivity index (χ1v) is 6.39. The van der Waals surface area contributed by atoms with Crippen LogP contribution in [-0.4, -0.2) is 70.5 Å². The highest BCUT2D eigenvalue weighted by molar-refractivity contribution is 5.75. The largest absolute Gasteiger partial charge is 0.481 e. The molecule has 0 aromatic rings. The normalized spacial score (nSPS) is 12.5. The van der Waals surface area contributed by atoms with E-state index in [4.69, 9.17) is 20.4 Å². The van der Waals surface area contributed by atoms with Gasteiger partial charge in [-0.1, -0.05) is 0 Å². The molecule has 0 aliphatic heterocycles. The highest BCUT2D eigenvalue weighted by Crippen LogP contribution is 1.97. The molecule has 0 heterocycles. The molecule has 10 nitrogen and oxygen atoms in total. The van der Waals surface area contributed by atoms with Gasteiger partial charge in [-0.3, -0.25) is 19.2 Å². The van der Waals surface area contributed by atoms with Gasteiger partial charge in [0.2, 0.25) is 0 Å². The van der Waals surface area contributed by atoms with E-state index in [0.717, 1.165) is 0 Å². The minimum atomic E-state index is -1.02. The fourth-order valence-corrected chi connectivity index (χ4v) is 1.32. The second-order valence-corrected chi connectivity index (χ2v) is 4.22. The van der Waals surface area contributed by atoms with Crippen LogP contribution in [0.3, 0.4) is 0 Å². The van der Waals surface area contributed by atoms with E-state index < -0.39 is 36.0 Å². The molecular weight excluding hydrogens is 300 g/mol. The summed E-state index contributed by atoms with van der Waals surface area (Å²) < 4.78 is 0. The molecule has 0 radical (unpaired) electrons. The van der Waals surface area contributed by atoms with Gasteiger partial charge in [-0.2, -0.15) is 0 Å². The lowest BCUT2D eigenvalue weighted by atomic mass is 10.1. The summed E-state index contributed by atoms with van der Waals surface area (Å²) in [5, 5.41) is 38.3. The van der Waals surface area contributed by atoms with Crippen molar-refractivity contribution in [1.82, 2.24) is 10.6 Å². The Morgan fingerprint density at radius 1 is 0.727 bits per heavy atom. The van der Waals surface area contributed by atoms with Gasteiger partial charge in [0.15, 0.2) is 0 Å². The Balaban J connectivity index is 0. The van der Waals surface area contributed by atoms with Crippen LogP contribution in [0.2, 0.25) is 0 Å². The van der Waals surface area contributed by atoms with Crippen molar-refractivity contribution in [1.29, 1.82) is 0 Å². The third-order valence-electron chi connectivity index (χ3n) is 2.59. The van der Waals surface area contributed by atoms with E-state index in [0.29, 0.717) is 0 Å². The van der Waals surface area contributed by atoms with Gasteiger partial charge in [0.1, 0.15) is 12.1 Å². The number of likely N-dealkylation sites (N-methyl/N-ethyl adjacent to an activating group) is 2. The summed E-state index contributed by atoms with van der Waals surface area (Å²) >= 11 is 0. The van der Waals surface area contributed by atoms with E-state index in [1.807, 2.05) is 0 Å². The van der Waals surface area contributed by atoms with Gasteiger partial charge in [-0.15, -0.1) is 0 Å². The van der Waals surface area contributed by atoms with Crippen LogP contribution in [0.1, 0.15) is 25.7 Å². The van der Waals surface area contributed by atoms with Gasteiger partial charge >= 0.3 is 23.9 Å². The molecule has 2 atom stereocenters. The molecular formula is C12H22N2O8. The second kappa shape index (κ2) is 12.5. The Kier molecular flexibility index (Phi) is 12.6. The lowest BCUT2D eigenvalue weighted by Gasteiger charge is -2.07. The molecule has 0 saturated heterocycles. The summed E-state index contributed by atoms with van der Waals surface area (Å²) in [5.41, 5.74) is 0. The maximum absolute atomic E-state index is 10.3. The van der Waals surface area contributed by atoms with Gasteiger partial charge < -0.3 is 31.1 Å². The topological polar surface area (TPSA) is 173 Å². The zero-order chi connectivity index (χ0) is 17.7. The molecule has 0 amide bonds. The summed E-state index contributed by atoms with van der Waals surface area (Å²) in [7, 11) is 2.97. The maximum atomic E-state index is 10.3. The highest BCUT2D eigenvalue weighted by atomic mass is 16.4. The van der Waals surface area contributed by atoms with Crippen molar-refractivity contribution in [2.45, 2.75) is 37.8 Å². The fraction of sp³-hybridized carbons (Fsp3) is 0.667. The lowest BCUT2D eigenvalue weighted by molar-refractivity contribution is -0.142. The van der Waals surface area contributed by atoms with Crippen molar-refractivity contribution in [3.8, 4) is 0 Å². The Morgan fingerprint density at radius 3 is 1.14 bits per heavy atom. The average Bonchev–Trinajstić information content (AvgIpc) is 2.39. The zero-order valence-corrected chi connectivity index (χ0v) is 12.4. The summed E-state index contributed by atoms with van der Waals surface area (Å²) in [5.74, 6) is -4.00. The number of nitrogens with one attached hydrogen (secondary N) is 2. The zero-order valence-electron chi connectivity index (χ0n) is 12.4. The first-order valence-electron chi connectivity index (χ1n) is 6.39. The standard InChI is InChI=1S/2C6H11NO4/c2*1-7-4(6(10)11)2-3-5(8)9/h2*4,7H,2-3H2,1H3,(H,8,9)(H,10,11)/t2*4-/m00/s1. The van der Waals surface area contributed by atoms with E-state index in [1.165, 1.54) is 14.1 Å². The molecule has 0 aromatic carbocycles. The maximum Gasteiger partial charge on any atom is 0.320 e. The molecule has 0 rings (SSSR count). The predicted molar refractivity (Wildman–Crippen MR) is 74.7 cm³/mol. The Bertz CT molecular complexity index is 349. The molecule has 0 aromatic heterocycles. The van der Waals surface area contributed by atoms with E-state index >= 15 is 0 Å². The predicted octanol–water partition coefficient (Wildman–Crippen LogP) is -0.952. The van der Waals surface area contributed by atoms with Crippen LogP contribution in [0.4, 0.5) is 0 Å². The first kappa shape index (κ1) is 22.1.